The van der Waals surface area contributed by atoms with Gasteiger partial charge < -0.3 is 0 Å². The summed E-state index contributed by atoms with van der Waals surface area (Å²) in [6, 6.07) is 1.79. The molecule has 0 aliphatic rings. The molecule has 0 atom stereocenters. The molecule has 8 heteroatoms. The van der Waals surface area contributed by atoms with Crippen LogP contribution in [-0.2, 0) is 0 Å². The second-order valence-electron chi connectivity index (χ2n) is 2.58. The molecule has 0 aliphatic heterocycles. The predicted octanol–water partition coefficient (Wildman–Crippen LogP) is -0.696. The van der Waals surface area contributed by atoms with E-state index >= 15 is 0 Å². The second kappa shape index (κ2) is 2.55. The molecule has 0 radical (unpaired) electrons. The molecule has 0 bridgehead atoms. The van der Waals surface area contributed by atoms with E-state index in [0.29, 0.717) is 11.5 Å². The molecule has 8 nitrogen and oxygen atoms in total. The Balaban J connectivity index is 2.23. The second-order valence-corrected chi connectivity index (χ2v) is 2.58. The minimum Gasteiger partial charge on any atom is -0.276 e. The molecule has 0 fully saturated rings. The monoisotopic (exact) mass is 188 g/mol. The van der Waals surface area contributed by atoms with Gasteiger partial charge in [-0.3, -0.25) is 5.10 Å². The maximum Gasteiger partial charge on any atom is 0.291 e. The van der Waals surface area contributed by atoms with Gasteiger partial charge in [0.25, 0.3) is 5.78 Å². The molecule has 0 aromatic carbocycles. The van der Waals surface area contributed by atoms with Crippen LogP contribution < -0.4 is 0 Å². The summed E-state index contributed by atoms with van der Waals surface area (Å²) >= 11 is 0. The number of aromatic amines is 1. The number of nitrogens with one attached hydrogen (secondary N) is 1. The Morgan fingerprint density at radius 1 is 1.36 bits per heavy atom. The Morgan fingerprint density at radius 3 is 3.21 bits per heavy atom. The van der Waals surface area contributed by atoms with Crippen LogP contribution in [0, 0.1) is 0 Å². The first kappa shape index (κ1) is 7.06. The summed E-state index contributed by atoms with van der Waals surface area (Å²) in [5, 5.41) is 21.4. The molecule has 0 aliphatic carbocycles. The zero-order chi connectivity index (χ0) is 9.38. The van der Waals surface area contributed by atoms with E-state index in [1.807, 2.05) is 0 Å². The quantitative estimate of drug-likeness (QED) is 0.542. The number of hydrogen-bond acceptors (Lipinski definition) is 6. The molecule has 3 heterocycles. The van der Waals surface area contributed by atoms with Crippen LogP contribution in [0.5, 0.6) is 0 Å². The summed E-state index contributed by atoms with van der Waals surface area (Å²) in [4.78, 5) is 4.01. The van der Waals surface area contributed by atoms with Crippen molar-refractivity contribution >= 4 is 5.78 Å². The first-order valence-corrected chi connectivity index (χ1v) is 3.85. The number of tetrazole rings is 1. The van der Waals surface area contributed by atoms with E-state index in [1.54, 1.807) is 18.5 Å². The van der Waals surface area contributed by atoms with Gasteiger partial charge in [-0.1, -0.05) is 9.73 Å². The van der Waals surface area contributed by atoms with Crippen LogP contribution in [0.3, 0.4) is 0 Å². The number of hydrogen-bond donors (Lipinski definition) is 1. The number of nitrogens with zero attached hydrogens (tertiary/aromatic N) is 7. The highest BCUT2D eigenvalue weighted by molar-refractivity contribution is 5.51. The molecule has 0 amide bonds. The fraction of sp³-hybridized carbons (Fsp3) is 0. The Hall–Kier alpha value is -2.38. The summed E-state index contributed by atoms with van der Waals surface area (Å²) in [6.07, 6.45) is 3.22. The lowest BCUT2D eigenvalue weighted by atomic mass is 10.3. The molecular formula is C6H4N8. The SMILES string of the molecule is c1cc(-c2cnc3nnnn3n2)[nH]n1. The average molecular weight is 188 g/mol. The fourth-order valence-electron chi connectivity index (χ4n) is 1.09. The van der Waals surface area contributed by atoms with E-state index in [4.69, 9.17) is 0 Å². The van der Waals surface area contributed by atoms with Gasteiger partial charge in [-0.2, -0.15) is 5.10 Å². The molecule has 3 rings (SSSR count). The Bertz CT molecular complexity index is 552. The van der Waals surface area contributed by atoms with Crippen LogP contribution in [-0.4, -0.2) is 40.4 Å². The van der Waals surface area contributed by atoms with Crippen LogP contribution in [0.4, 0.5) is 0 Å². The summed E-state index contributed by atoms with van der Waals surface area (Å²) in [6.45, 7) is 0. The molecule has 1 N–H and O–H groups in total. The molecule has 0 saturated heterocycles. The molecule has 14 heavy (non-hydrogen) atoms. The standard InChI is InChI=1S/C6H4N8/c1-2-8-9-4(1)5-3-7-6-10-12-13-14(6)11-5/h1-3H,(H,8,9). The van der Waals surface area contributed by atoms with Crippen LogP contribution >= 0.6 is 0 Å². The van der Waals surface area contributed by atoms with Gasteiger partial charge in [0.05, 0.1) is 11.9 Å². The Labute approximate surface area is 77.0 Å². The minimum absolute atomic E-state index is 0.369. The molecule has 3 aromatic heterocycles. The maximum absolute atomic E-state index is 4.12. The average Bonchev–Trinajstić information content (AvgIpc) is 2.88. The van der Waals surface area contributed by atoms with Gasteiger partial charge >= 0.3 is 0 Å². The summed E-state index contributed by atoms with van der Waals surface area (Å²) in [5.41, 5.74) is 1.41. The third kappa shape index (κ3) is 0.937. The summed E-state index contributed by atoms with van der Waals surface area (Å²) in [5.74, 6) is 0.369. The zero-order valence-corrected chi connectivity index (χ0v) is 6.86. The minimum atomic E-state index is 0.369. The third-order valence-corrected chi connectivity index (χ3v) is 1.72. The van der Waals surface area contributed by atoms with Crippen molar-refractivity contribution in [3.63, 3.8) is 0 Å². The number of H-pyrrole nitrogens is 1. The van der Waals surface area contributed by atoms with E-state index in [-0.39, 0.29) is 0 Å². The lowest BCUT2D eigenvalue weighted by Crippen LogP contribution is -1.98. The maximum atomic E-state index is 4.12. The van der Waals surface area contributed by atoms with E-state index in [9.17, 15) is 0 Å². The van der Waals surface area contributed by atoms with Gasteiger partial charge in [0.2, 0.25) is 0 Å². The van der Waals surface area contributed by atoms with Crippen molar-refractivity contribution in [2.45, 2.75) is 0 Å². The van der Waals surface area contributed by atoms with Crippen molar-refractivity contribution in [3.8, 4) is 11.4 Å². The normalized spacial score (nSPS) is 10.9. The lowest BCUT2D eigenvalue weighted by Gasteiger charge is -1.93. The highest BCUT2D eigenvalue weighted by atomic mass is 15.6. The largest absolute Gasteiger partial charge is 0.291 e. The number of aromatic nitrogens is 8. The number of rotatable bonds is 1. The van der Waals surface area contributed by atoms with Crippen molar-refractivity contribution in [1.82, 2.24) is 40.4 Å². The first-order chi connectivity index (χ1) is 6.93. The van der Waals surface area contributed by atoms with Crippen LogP contribution in [0.1, 0.15) is 0 Å². The number of fused-ring (bicyclic) bond motifs is 1. The molecule has 0 saturated carbocycles. The van der Waals surface area contributed by atoms with Crippen LogP contribution in [0.25, 0.3) is 17.2 Å². The third-order valence-electron chi connectivity index (χ3n) is 1.72. The van der Waals surface area contributed by atoms with Gasteiger partial charge in [0, 0.05) is 6.20 Å². The molecule has 0 spiro atoms. The Kier molecular flexibility index (Phi) is 1.29. The lowest BCUT2D eigenvalue weighted by molar-refractivity contribution is 0.728. The van der Waals surface area contributed by atoms with Gasteiger partial charge in [0.15, 0.2) is 0 Å². The highest BCUT2D eigenvalue weighted by Crippen LogP contribution is 2.10. The van der Waals surface area contributed by atoms with Crippen molar-refractivity contribution < 1.29 is 0 Å². The highest BCUT2D eigenvalue weighted by Gasteiger charge is 2.04. The van der Waals surface area contributed by atoms with Gasteiger partial charge in [0.1, 0.15) is 5.69 Å². The Morgan fingerprint density at radius 2 is 2.36 bits per heavy atom. The first-order valence-electron chi connectivity index (χ1n) is 3.85. The molecule has 3 aromatic rings. The molecule has 0 unspecified atom stereocenters. The van der Waals surface area contributed by atoms with E-state index in [1.165, 1.54) is 4.63 Å². The van der Waals surface area contributed by atoms with Crippen molar-refractivity contribution in [2.24, 2.45) is 0 Å². The fourth-order valence-corrected chi connectivity index (χ4v) is 1.09. The van der Waals surface area contributed by atoms with Crippen molar-refractivity contribution in [1.29, 1.82) is 0 Å². The van der Waals surface area contributed by atoms with Crippen molar-refractivity contribution in [2.75, 3.05) is 0 Å². The van der Waals surface area contributed by atoms with E-state index in [2.05, 4.69) is 35.8 Å². The summed E-state index contributed by atoms with van der Waals surface area (Å²) in [7, 11) is 0. The van der Waals surface area contributed by atoms with Crippen LogP contribution in [0.15, 0.2) is 18.5 Å². The molecule has 68 valence electrons. The van der Waals surface area contributed by atoms with Gasteiger partial charge in [-0.25, -0.2) is 4.98 Å². The van der Waals surface area contributed by atoms with Gasteiger partial charge in [-0.15, -0.1) is 5.10 Å². The van der Waals surface area contributed by atoms with E-state index < -0.39 is 0 Å². The van der Waals surface area contributed by atoms with Crippen LogP contribution in [0.2, 0.25) is 0 Å². The zero-order valence-electron chi connectivity index (χ0n) is 6.86. The van der Waals surface area contributed by atoms with Gasteiger partial charge in [-0.05, 0) is 16.5 Å². The van der Waals surface area contributed by atoms with E-state index in [0.717, 1.165) is 5.69 Å². The predicted molar refractivity (Wildman–Crippen MR) is 44.0 cm³/mol. The molecular weight excluding hydrogens is 184 g/mol. The summed E-state index contributed by atoms with van der Waals surface area (Å²) < 4.78 is 1.26. The topological polar surface area (TPSA) is 97.5 Å². The smallest absolute Gasteiger partial charge is 0.276 e. The van der Waals surface area contributed by atoms with Crippen molar-refractivity contribution in [3.05, 3.63) is 18.5 Å².